The first-order valence-electron chi connectivity index (χ1n) is 5.96. The minimum absolute atomic E-state index is 0.0456. The number of carbonyl (C=O) groups excluding carboxylic acids is 2. The molecule has 0 aromatic heterocycles. The second-order valence-electron chi connectivity index (χ2n) is 4.06. The van der Waals surface area contributed by atoms with Gasteiger partial charge in [0.2, 0.25) is 0 Å². The predicted molar refractivity (Wildman–Crippen MR) is 63.6 cm³/mol. The largest absolute Gasteiger partial charge is 0.480 e. The molecule has 108 valence electrons. The molecule has 1 aliphatic heterocycles. The minimum Gasteiger partial charge on any atom is -0.480 e. The fraction of sp³-hybridized carbons (Fsp3) is 0.727. The third-order valence-electron chi connectivity index (χ3n) is 2.87. The fourth-order valence-electron chi connectivity index (χ4n) is 1.75. The van der Waals surface area contributed by atoms with Gasteiger partial charge in [0.15, 0.2) is 6.04 Å². The Bertz CT molecular complexity index is 359. The highest BCUT2D eigenvalue weighted by molar-refractivity contribution is 5.86. The van der Waals surface area contributed by atoms with Gasteiger partial charge in [-0.1, -0.05) is 6.92 Å². The molecule has 2 atom stereocenters. The van der Waals surface area contributed by atoms with Crippen molar-refractivity contribution in [2.24, 2.45) is 0 Å². The van der Waals surface area contributed by atoms with Crippen LogP contribution in [0, 0.1) is 0 Å². The van der Waals surface area contributed by atoms with Gasteiger partial charge in [0.05, 0.1) is 20.3 Å². The number of aliphatic carboxylic acids is 1. The first-order chi connectivity index (χ1) is 9.01. The molecule has 0 radical (unpaired) electrons. The number of rotatable bonds is 4. The smallest absolute Gasteiger partial charge is 0.331 e. The van der Waals surface area contributed by atoms with Gasteiger partial charge in [0.25, 0.3) is 0 Å². The van der Waals surface area contributed by atoms with Crippen LogP contribution in [0.25, 0.3) is 0 Å². The van der Waals surface area contributed by atoms with Crippen LogP contribution in [0.4, 0.5) is 4.79 Å². The summed E-state index contributed by atoms with van der Waals surface area (Å²) in [5.74, 6) is -1.70. The zero-order chi connectivity index (χ0) is 14.4. The van der Waals surface area contributed by atoms with E-state index in [2.05, 4.69) is 10.1 Å². The normalized spacial score (nSPS) is 20.5. The summed E-state index contributed by atoms with van der Waals surface area (Å²) in [6.07, 6.45) is 0.258. The maximum atomic E-state index is 12.0. The van der Waals surface area contributed by atoms with Gasteiger partial charge in [-0.15, -0.1) is 0 Å². The molecule has 0 saturated carbocycles. The lowest BCUT2D eigenvalue weighted by Crippen LogP contribution is -2.58. The molecule has 8 nitrogen and oxygen atoms in total. The van der Waals surface area contributed by atoms with Gasteiger partial charge in [-0.3, -0.25) is 0 Å². The highest BCUT2D eigenvalue weighted by Crippen LogP contribution is 2.09. The summed E-state index contributed by atoms with van der Waals surface area (Å²) < 4.78 is 9.72. The molecule has 1 unspecified atom stereocenters. The van der Waals surface area contributed by atoms with Crippen LogP contribution in [0.1, 0.15) is 13.3 Å². The van der Waals surface area contributed by atoms with Crippen LogP contribution in [0.3, 0.4) is 0 Å². The SMILES string of the molecule is CC[C@H](NC(=O)N1CCOCC1C(=O)OC)C(=O)O. The molecule has 0 bridgehead atoms. The van der Waals surface area contributed by atoms with E-state index >= 15 is 0 Å². The number of amides is 2. The quantitative estimate of drug-likeness (QED) is 0.665. The van der Waals surface area contributed by atoms with Crippen molar-refractivity contribution in [3.05, 3.63) is 0 Å². The maximum Gasteiger partial charge on any atom is 0.331 e. The number of urea groups is 1. The van der Waals surface area contributed by atoms with Gasteiger partial charge in [0.1, 0.15) is 6.04 Å². The molecule has 0 aliphatic carbocycles. The van der Waals surface area contributed by atoms with Crippen molar-refractivity contribution >= 4 is 18.0 Å². The average molecular weight is 274 g/mol. The standard InChI is InChI=1S/C11H18N2O6/c1-3-7(9(14)15)12-11(17)13-4-5-19-6-8(13)10(16)18-2/h7-8H,3-6H2,1-2H3,(H,12,17)(H,14,15)/t7-,8?/m0/s1. The van der Waals surface area contributed by atoms with E-state index in [0.717, 1.165) is 0 Å². The number of carbonyl (C=O) groups is 3. The van der Waals surface area contributed by atoms with Crippen molar-refractivity contribution in [2.45, 2.75) is 25.4 Å². The number of ether oxygens (including phenoxy) is 2. The van der Waals surface area contributed by atoms with Crippen LogP contribution in [0.2, 0.25) is 0 Å². The highest BCUT2D eigenvalue weighted by Gasteiger charge is 2.34. The molecular formula is C11H18N2O6. The van der Waals surface area contributed by atoms with Crippen LogP contribution >= 0.6 is 0 Å². The molecule has 0 aromatic carbocycles. The average Bonchev–Trinajstić information content (AvgIpc) is 2.43. The van der Waals surface area contributed by atoms with Crippen LogP contribution in [0.15, 0.2) is 0 Å². The second-order valence-corrected chi connectivity index (χ2v) is 4.06. The Kier molecular flexibility index (Phi) is 5.56. The van der Waals surface area contributed by atoms with Crippen molar-refractivity contribution in [3.63, 3.8) is 0 Å². The molecule has 0 aromatic rings. The molecule has 2 N–H and O–H groups in total. The van der Waals surface area contributed by atoms with Gasteiger partial charge in [-0.25, -0.2) is 14.4 Å². The van der Waals surface area contributed by atoms with Gasteiger partial charge in [0, 0.05) is 6.54 Å². The Labute approximate surface area is 110 Å². The lowest BCUT2D eigenvalue weighted by atomic mass is 10.2. The van der Waals surface area contributed by atoms with Gasteiger partial charge < -0.3 is 24.8 Å². The summed E-state index contributed by atoms with van der Waals surface area (Å²) in [6, 6.07) is -2.42. The van der Waals surface area contributed by atoms with Crippen LogP contribution < -0.4 is 5.32 Å². The third kappa shape index (κ3) is 3.82. The van der Waals surface area contributed by atoms with Crippen LogP contribution in [0.5, 0.6) is 0 Å². The number of nitrogens with zero attached hydrogens (tertiary/aromatic N) is 1. The third-order valence-corrected chi connectivity index (χ3v) is 2.87. The maximum absolute atomic E-state index is 12.0. The second kappa shape index (κ2) is 6.93. The molecular weight excluding hydrogens is 256 g/mol. The Morgan fingerprint density at radius 3 is 2.74 bits per heavy atom. The van der Waals surface area contributed by atoms with E-state index in [1.165, 1.54) is 12.0 Å². The van der Waals surface area contributed by atoms with Crippen molar-refractivity contribution in [2.75, 3.05) is 26.9 Å². The van der Waals surface area contributed by atoms with Crippen molar-refractivity contribution in [3.8, 4) is 0 Å². The van der Waals surface area contributed by atoms with E-state index in [0.29, 0.717) is 6.61 Å². The van der Waals surface area contributed by atoms with Gasteiger partial charge in [-0.05, 0) is 6.42 Å². The summed E-state index contributed by atoms with van der Waals surface area (Å²) >= 11 is 0. The first-order valence-corrected chi connectivity index (χ1v) is 5.96. The Hall–Kier alpha value is -1.83. The number of morpholine rings is 1. The predicted octanol–water partition coefficient (Wildman–Crippen LogP) is -0.567. The molecule has 1 aliphatic rings. The van der Waals surface area contributed by atoms with Crippen LogP contribution in [-0.2, 0) is 19.1 Å². The van der Waals surface area contributed by atoms with Gasteiger partial charge >= 0.3 is 18.0 Å². The highest BCUT2D eigenvalue weighted by atomic mass is 16.5. The zero-order valence-corrected chi connectivity index (χ0v) is 10.9. The summed E-state index contributed by atoms with van der Waals surface area (Å²) in [6.45, 7) is 2.20. The van der Waals surface area contributed by atoms with E-state index in [1.807, 2.05) is 0 Å². The summed E-state index contributed by atoms with van der Waals surface area (Å²) in [5, 5.41) is 11.3. The summed E-state index contributed by atoms with van der Waals surface area (Å²) in [4.78, 5) is 35.6. The van der Waals surface area contributed by atoms with Crippen LogP contribution in [-0.4, -0.2) is 66.9 Å². The summed E-state index contributed by atoms with van der Waals surface area (Å²) in [5.41, 5.74) is 0. The van der Waals surface area contributed by atoms with E-state index in [1.54, 1.807) is 6.92 Å². The topological polar surface area (TPSA) is 105 Å². The van der Waals surface area contributed by atoms with E-state index in [-0.39, 0.29) is 19.6 Å². The first kappa shape index (κ1) is 15.2. The lowest BCUT2D eigenvalue weighted by molar-refractivity contribution is -0.151. The fourth-order valence-corrected chi connectivity index (χ4v) is 1.75. The number of esters is 1. The van der Waals surface area contributed by atoms with Crippen molar-refractivity contribution in [1.29, 1.82) is 0 Å². The molecule has 1 rings (SSSR count). The van der Waals surface area contributed by atoms with E-state index in [9.17, 15) is 14.4 Å². The lowest BCUT2D eigenvalue weighted by Gasteiger charge is -2.34. The number of carboxylic acids is 1. The van der Waals surface area contributed by atoms with Crippen molar-refractivity contribution < 1.29 is 29.0 Å². The molecule has 1 saturated heterocycles. The monoisotopic (exact) mass is 274 g/mol. The van der Waals surface area contributed by atoms with Gasteiger partial charge in [-0.2, -0.15) is 0 Å². The number of methoxy groups -OCH3 is 1. The van der Waals surface area contributed by atoms with E-state index < -0.39 is 30.1 Å². The molecule has 1 fully saturated rings. The number of carboxylic acid groups (broad SMARTS) is 1. The number of nitrogens with one attached hydrogen (secondary N) is 1. The van der Waals surface area contributed by atoms with Crippen molar-refractivity contribution in [1.82, 2.24) is 10.2 Å². The Morgan fingerprint density at radius 1 is 1.53 bits per heavy atom. The molecule has 8 heteroatoms. The number of hydrogen-bond acceptors (Lipinski definition) is 5. The summed E-state index contributed by atoms with van der Waals surface area (Å²) in [7, 11) is 1.22. The molecule has 1 heterocycles. The van der Waals surface area contributed by atoms with E-state index in [4.69, 9.17) is 9.84 Å². The zero-order valence-electron chi connectivity index (χ0n) is 10.9. The minimum atomic E-state index is -1.11. The Morgan fingerprint density at radius 2 is 2.21 bits per heavy atom. The molecule has 2 amide bonds. The Balaban J connectivity index is 2.71. The molecule has 0 spiro atoms. The molecule has 19 heavy (non-hydrogen) atoms. The number of hydrogen-bond donors (Lipinski definition) is 2.